The Kier molecular flexibility index (Phi) is 4.13. The van der Waals surface area contributed by atoms with E-state index >= 15 is 0 Å². The fourth-order valence-corrected chi connectivity index (χ4v) is 1.68. The lowest BCUT2D eigenvalue weighted by molar-refractivity contribution is -0.138. The van der Waals surface area contributed by atoms with Crippen molar-refractivity contribution in [1.29, 1.82) is 0 Å². The number of carboxylic acid groups (broad SMARTS) is 1. The van der Waals surface area contributed by atoms with Gasteiger partial charge in [0.2, 0.25) is 0 Å². The molecule has 0 atom stereocenters. The first-order valence-electron chi connectivity index (χ1n) is 5.53. The van der Waals surface area contributed by atoms with E-state index in [1.165, 1.54) is 0 Å². The van der Waals surface area contributed by atoms with Gasteiger partial charge in [0.25, 0.3) is 5.89 Å². The van der Waals surface area contributed by atoms with Gasteiger partial charge in [-0.25, -0.2) is 0 Å². The zero-order valence-electron chi connectivity index (χ0n) is 10.2. The van der Waals surface area contributed by atoms with Crippen LogP contribution in [0, 0.1) is 0 Å². The van der Waals surface area contributed by atoms with Crippen molar-refractivity contribution < 1.29 is 14.4 Å². The molecule has 6 nitrogen and oxygen atoms in total. The van der Waals surface area contributed by atoms with E-state index in [9.17, 15) is 4.79 Å². The molecule has 1 N–H and O–H groups in total. The number of benzene rings is 1. The van der Waals surface area contributed by atoms with E-state index in [2.05, 4.69) is 10.1 Å². The Bertz CT molecular complexity index is 568. The third kappa shape index (κ3) is 3.77. The Morgan fingerprint density at radius 2 is 2.11 bits per heavy atom. The van der Waals surface area contributed by atoms with Gasteiger partial charge in [0.05, 0.1) is 13.1 Å². The lowest BCUT2D eigenvalue weighted by Gasteiger charge is -2.09. The first-order valence-corrected chi connectivity index (χ1v) is 5.91. The molecule has 0 unspecified atom stereocenters. The van der Waals surface area contributed by atoms with Crippen LogP contribution in [-0.4, -0.2) is 39.7 Å². The van der Waals surface area contributed by atoms with E-state index in [0.717, 1.165) is 5.56 Å². The summed E-state index contributed by atoms with van der Waals surface area (Å²) in [6.45, 7) is 0.230. The van der Waals surface area contributed by atoms with Gasteiger partial charge in [-0.05, 0) is 31.3 Å². The van der Waals surface area contributed by atoms with Crippen LogP contribution in [0.3, 0.4) is 0 Å². The molecule has 0 saturated carbocycles. The lowest BCUT2D eigenvalue weighted by Crippen LogP contribution is -2.25. The lowest BCUT2D eigenvalue weighted by atomic mass is 10.2. The normalized spacial score (nSPS) is 10.9. The summed E-state index contributed by atoms with van der Waals surface area (Å²) in [4.78, 5) is 16.3. The minimum atomic E-state index is -0.899. The van der Waals surface area contributed by atoms with E-state index in [-0.39, 0.29) is 6.54 Å². The van der Waals surface area contributed by atoms with Gasteiger partial charge in [0.15, 0.2) is 5.82 Å². The number of nitrogens with zero attached hydrogens (tertiary/aromatic N) is 3. The Morgan fingerprint density at radius 3 is 2.74 bits per heavy atom. The van der Waals surface area contributed by atoms with Gasteiger partial charge in [-0.3, -0.25) is 9.69 Å². The fourth-order valence-electron chi connectivity index (χ4n) is 1.56. The van der Waals surface area contributed by atoms with Crippen LogP contribution in [0.1, 0.15) is 5.82 Å². The number of hydrogen-bond donors (Lipinski definition) is 1. The SMILES string of the molecule is CN(CC(=O)O)Cc1noc(-c2ccc(Cl)cc2)n1. The molecule has 19 heavy (non-hydrogen) atoms. The smallest absolute Gasteiger partial charge is 0.317 e. The molecule has 0 fully saturated rings. The van der Waals surface area contributed by atoms with Crippen molar-refractivity contribution in [3.8, 4) is 11.5 Å². The molecule has 1 heterocycles. The number of aromatic nitrogens is 2. The largest absolute Gasteiger partial charge is 0.480 e. The maximum atomic E-state index is 10.5. The molecule has 0 bridgehead atoms. The topological polar surface area (TPSA) is 79.5 Å². The molecule has 0 saturated heterocycles. The quantitative estimate of drug-likeness (QED) is 0.902. The molecular formula is C12H12ClN3O3. The van der Waals surface area contributed by atoms with Crippen molar-refractivity contribution in [2.75, 3.05) is 13.6 Å². The zero-order valence-corrected chi connectivity index (χ0v) is 11.0. The van der Waals surface area contributed by atoms with Gasteiger partial charge < -0.3 is 9.63 Å². The summed E-state index contributed by atoms with van der Waals surface area (Å²) < 4.78 is 5.12. The molecule has 0 aliphatic rings. The number of carbonyl (C=O) groups is 1. The molecule has 2 aromatic rings. The highest BCUT2D eigenvalue weighted by atomic mass is 35.5. The van der Waals surface area contributed by atoms with Crippen molar-refractivity contribution in [3.63, 3.8) is 0 Å². The van der Waals surface area contributed by atoms with Gasteiger partial charge in [0, 0.05) is 10.6 Å². The molecule has 0 aliphatic carbocycles. The van der Waals surface area contributed by atoms with Crippen molar-refractivity contribution in [1.82, 2.24) is 15.0 Å². The van der Waals surface area contributed by atoms with E-state index in [4.69, 9.17) is 21.2 Å². The summed E-state index contributed by atoms with van der Waals surface area (Å²) in [7, 11) is 1.67. The molecular weight excluding hydrogens is 270 g/mol. The van der Waals surface area contributed by atoms with Gasteiger partial charge in [0.1, 0.15) is 0 Å². The minimum Gasteiger partial charge on any atom is -0.480 e. The first kappa shape index (κ1) is 13.5. The molecule has 1 aromatic heterocycles. The summed E-state index contributed by atoms with van der Waals surface area (Å²) in [5.74, 6) is -0.0759. The number of hydrogen-bond acceptors (Lipinski definition) is 5. The molecule has 1 aromatic carbocycles. The van der Waals surface area contributed by atoms with E-state index in [0.29, 0.717) is 23.3 Å². The Balaban J connectivity index is 2.06. The highest BCUT2D eigenvalue weighted by Gasteiger charge is 2.12. The summed E-state index contributed by atoms with van der Waals surface area (Å²) in [6.07, 6.45) is 0. The van der Waals surface area contributed by atoms with Crippen LogP contribution < -0.4 is 0 Å². The standard InChI is InChI=1S/C12H12ClN3O3/c1-16(7-11(17)18)6-10-14-12(19-15-10)8-2-4-9(13)5-3-8/h2-5H,6-7H2,1H3,(H,17,18). The van der Waals surface area contributed by atoms with Crippen LogP contribution in [0.5, 0.6) is 0 Å². The van der Waals surface area contributed by atoms with Gasteiger partial charge in [-0.15, -0.1) is 0 Å². The maximum Gasteiger partial charge on any atom is 0.317 e. The van der Waals surface area contributed by atoms with Crippen LogP contribution >= 0.6 is 11.6 Å². The maximum absolute atomic E-state index is 10.5. The van der Waals surface area contributed by atoms with Crippen molar-refractivity contribution >= 4 is 17.6 Å². The zero-order chi connectivity index (χ0) is 13.8. The molecule has 0 aliphatic heterocycles. The third-order valence-corrected chi connectivity index (χ3v) is 2.63. The minimum absolute atomic E-state index is 0.0786. The van der Waals surface area contributed by atoms with Crippen molar-refractivity contribution in [2.45, 2.75) is 6.54 Å². The van der Waals surface area contributed by atoms with E-state index in [1.807, 2.05) is 0 Å². The van der Waals surface area contributed by atoms with E-state index < -0.39 is 5.97 Å². The average molecular weight is 282 g/mol. The number of rotatable bonds is 5. The summed E-state index contributed by atoms with van der Waals surface area (Å²) in [6, 6.07) is 7.02. The molecule has 0 spiro atoms. The molecule has 7 heteroatoms. The number of aliphatic carboxylic acids is 1. The molecule has 0 radical (unpaired) electrons. The predicted octanol–water partition coefficient (Wildman–Crippen LogP) is 1.91. The van der Waals surface area contributed by atoms with Crippen molar-refractivity contribution in [2.24, 2.45) is 0 Å². The second-order valence-electron chi connectivity index (χ2n) is 4.09. The van der Waals surface area contributed by atoms with Crippen LogP contribution in [0.25, 0.3) is 11.5 Å². The average Bonchev–Trinajstić information content (AvgIpc) is 2.77. The summed E-state index contributed by atoms with van der Waals surface area (Å²) in [5, 5.41) is 13.1. The Morgan fingerprint density at radius 1 is 1.42 bits per heavy atom. The Hall–Kier alpha value is -1.92. The highest BCUT2D eigenvalue weighted by Crippen LogP contribution is 2.19. The summed E-state index contributed by atoms with van der Waals surface area (Å²) >= 11 is 5.79. The number of likely N-dealkylation sites (N-methyl/N-ethyl adjacent to an activating group) is 1. The number of carboxylic acids is 1. The number of halogens is 1. The van der Waals surface area contributed by atoms with Crippen molar-refractivity contribution in [3.05, 3.63) is 35.1 Å². The molecule has 0 amide bonds. The second-order valence-corrected chi connectivity index (χ2v) is 4.53. The summed E-state index contributed by atoms with van der Waals surface area (Å²) in [5.41, 5.74) is 0.768. The Labute approximate surface area is 114 Å². The fraction of sp³-hybridized carbons (Fsp3) is 0.250. The molecule has 2 rings (SSSR count). The van der Waals surface area contributed by atoms with Gasteiger partial charge >= 0.3 is 5.97 Å². The highest BCUT2D eigenvalue weighted by molar-refractivity contribution is 6.30. The van der Waals surface area contributed by atoms with Gasteiger partial charge in [-0.2, -0.15) is 4.98 Å². The molecule has 100 valence electrons. The predicted molar refractivity (Wildman–Crippen MR) is 68.7 cm³/mol. The monoisotopic (exact) mass is 281 g/mol. The van der Waals surface area contributed by atoms with Crippen LogP contribution in [0.2, 0.25) is 5.02 Å². The van der Waals surface area contributed by atoms with Crippen LogP contribution in [0.4, 0.5) is 0 Å². The van der Waals surface area contributed by atoms with E-state index in [1.54, 1.807) is 36.2 Å². The van der Waals surface area contributed by atoms with Gasteiger partial charge in [-0.1, -0.05) is 16.8 Å². The third-order valence-electron chi connectivity index (χ3n) is 2.38. The van der Waals surface area contributed by atoms with Crippen LogP contribution in [0.15, 0.2) is 28.8 Å². The first-order chi connectivity index (χ1) is 9.04. The second kappa shape index (κ2) is 5.81. The van der Waals surface area contributed by atoms with Crippen LogP contribution in [-0.2, 0) is 11.3 Å².